The van der Waals surface area contributed by atoms with E-state index < -0.39 is 0 Å². The van der Waals surface area contributed by atoms with E-state index in [-0.39, 0.29) is 29.8 Å². The maximum Gasteiger partial charge on any atom is 0.191 e. The number of hydrogen-bond acceptors (Lipinski definition) is 3. The molecule has 0 saturated heterocycles. The standard InChI is InChI=1S/C19H27FN6.HI/c1-21-19(22-12-10-15-7-4-5-8-16(15)20)23-13-11-18-25-24-17-9-3-2-6-14-26(17)18;/h4-5,7-8H,2-3,6,9-14H2,1H3,(H2,21,22,23);1H. The van der Waals surface area contributed by atoms with Crippen LogP contribution in [0.1, 0.15) is 36.5 Å². The van der Waals surface area contributed by atoms with Gasteiger partial charge in [0.15, 0.2) is 5.96 Å². The largest absolute Gasteiger partial charge is 0.356 e. The predicted octanol–water partition coefficient (Wildman–Crippen LogP) is 2.71. The summed E-state index contributed by atoms with van der Waals surface area (Å²) in [6.45, 7) is 2.38. The highest BCUT2D eigenvalue weighted by Crippen LogP contribution is 2.14. The molecule has 2 N–H and O–H groups in total. The van der Waals surface area contributed by atoms with Gasteiger partial charge in [-0.05, 0) is 30.9 Å². The van der Waals surface area contributed by atoms with Crippen LogP contribution in [0.25, 0.3) is 0 Å². The molecule has 0 radical (unpaired) electrons. The fourth-order valence-electron chi connectivity index (χ4n) is 3.26. The molecule has 0 fully saturated rings. The van der Waals surface area contributed by atoms with Crippen molar-refractivity contribution in [1.82, 2.24) is 25.4 Å². The lowest BCUT2D eigenvalue weighted by atomic mass is 10.1. The van der Waals surface area contributed by atoms with Gasteiger partial charge in [0.05, 0.1) is 0 Å². The van der Waals surface area contributed by atoms with Gasteiger partial charge >= 0.3 is 0 Å². The summed E-state index contributed by atoms with van der Waals surface area (Å²) >= 11 is 0. The highest BCUT2D eigenvalue weighted by atomic mass is 127. The van der Waals surface area contributed by atoms with Crippen molar-refractivity contribution >= 4 is 29.9 Å². The number of halogens is 2. The van der Waals surface area contributed by atoms with Crippen molar-refractivity contribution in [1.29, 1.82) is 0 Å². The maximum absolute atomic E-state index is 13.6. The number of aromatic nitrogens is 3. The molecule has 0 bridgehead atoms. The van der Waals surface area contributed by atoms with Crippen molar-refractivity contribution in [2.24, 2.45) is 4.99 Å². The summed E-state index contributed by atoms with van der Waals surface area (Å²) < 4.78 is 15.9. The van der Waals surface area contributed by atoms with Crippen LogP contribution >= 0.6 is 24.0 Å². The zero-order valence-corrected chi connectivity index (χ0v) is 18.1. The second-order valence-electron chi connectivity index (χ2n) is 6.51. The van der Waals surface area contributed by atoms with Crippen LogP contribution in [0.3, 0.4) is 0 Å². The first-order chi connectivity index (χ1) is 12.8. The molecule has 0 atom stereocenters. The lowest BCUT2D eigenvalue weighted by molar-refractivity contribution is 0.599. The summed E-state index contributed by atoms with van der Waals surface area (Å²) in [6, 6.07) is 6.86. The molecule has 148 valence electrons. The van der Waals surface area contributed by atoms with E-state index in [1.807, 2.05) is 12.1 Å². The third-order valence-corrected chi connectivity index (χ3v) is 4.70. The quantitative estimate of drug-likeness (QED) is 0.375. The van der Waals surface area contributed by atoms with Gasteiger partial charge in [0.1, 0.15) is 17.5 Å². The van der Waals surface area contributed by atoms with E-state index in [1.54, 1.807) is 13.1 Å². The monoisotopic (exact) mass is 486 g/mol. The van der Waals surface area contributed by atoms with Gasteiger partial charge in [0, 0.05) is 39.5 Å². The molecule has 27 heavy (non-hydrogen) atoms. The zero-order valence-electron chi connectivity index (χ0n) is 15.7. The molecule has 0 amide bonds. The Morgan fingerprint density at radius 2 is 1.89 bits per heavy atom. The Labute approximate surface area is 177 Å². The molecule has 6 nitrogen and oxygen atoms in total. The Morgan fingerprint density at radius 3 is 2.67 bits per heavy atom. The molecule has 3 rings (SSSR count). The van der Waals surface area contributed by atoms with E-state index in [1.165, 1.54) is 25.3 Å². The smallest absolute Gasteiger partial charge is 0.191 e. The first-order valence-corrected chi connectivity index (χ1v) is 9.37. The summed E-state index contributed by atoms with van der Waals surface area (Å²) in [5.74, 6) is 2.71. The van der Waals surface area contributed by atoms with Gasteiger partial charge in [-0.2, -0.15) is 0 Å². The number of benzene rings is 1. The van der Waals surface area contributed by atoms with E-state index in [2.05, 4.69) is 30.4 Å². The van der Waals surface area contributed by atoms with E-state index in [0.29, 0.717) is 18.5 Å². The normalized spacial score (nSPS) is 14.1. The SMILES string of the molecule is CN=C(NCCc1ccccc1F)NCCc1nnc2n1CCCCC2.I. The van der Waals surface area contributed by atoms with Crippen LogP contribution < -0.4 is 10.6 Å². The van der Waals surface area contributed by atoms with Crippen molar-refractivity contribution in [3.05, 3.63) is 47.3 Å². The molecule has 2 heterocycles. The fraction of sp³-hybridized carbons (Fsp3) is 0.526. The summed E-state index contributed by atoms with van der Waals surface area (Å²) in [6.07, 6.45) is 6.12. The topological polar surface area (TPSA) is 67.1 Å². The molecular formula is C19H28FIN6. The van der Waals surface area contributed by atoms with Crippen LogP contribution in [0, 0.1) is 5.82 Å². The number of rotatable bonds is 6. The first kappa shape index (κ1) is 21.6. The average molecular weight is 486 g/mol. The summed E-state index contributed by atoms with van der Waals surface area (Å²) in [5.41, 5.74) is 0.710. The molecule has 0 saturated carbocycles. The highest BCUT2D eigenvalue weighted by molar-refractivity contribution is 14.0. The van der Waals surface area contributed by atoms with Crippen LogP contribution in [0.15, 0.2) is 29.3 Å². The second-order valence-corrected chi connectivity index (χ2v) is 6.51. The predicted molar refractivity (Wildman–Crippen MR) is 116 cm³/mol. The lowest BCUT2D eigenvalue weighted by Crippen LogP contribution is -2.39. The number of aliphatic imine (C=N–C) groups is 1. The van der Waals surface area contributed by atoms with E-state index >= 15 is 0 Å². The Hall–Kier alpha value is -1.71. The van der Waals surface area contributed by atoms with Gasteiger partial charge < -0.3 is 15.2 Å². The van der Waals surface area contributed by atoms with Crippen molar-refractivity contribution in [3.63, 3.8) is 0 Å². The van der Waals surface area contributed by atoms with Crippen molar-refractivity contribution in [2.45, 2.75) is 45.1 Å². The number of hydrogen-bond donors (Lipinski definition) is 2. The third-order valence-electron chi connectivity index (χ3n) is 4.70. The highest BCUT2D eigenvalue weighted by Gasteiger charge is 2.14. The van der Waals surface area contributed by atoms with Crippen LogP contribution in [0.5, 0.6) is 0 Å². The van der Waals surface area contributed by atoms with Gasteiger partial charge in [0.2, 0.25) is 0 Å². The molecule has 8 heteroatoms. The third kappa shape index (κ3) is 6.15. The minimum Gasteiger partial charge on any atom is -0.356 e. The Kier molecular flexibility index (Phi) is 8.96. The van der Waals surface area contributed by atoms with Gasteiger partial charge in [-0.25, -0.2) is 4.39 Å². The zero-order chi connectivity index (χ0) is 18.2. The van der Waals surface area contributed by atoms with Gasteiger partial charge in [-0.15, -0.1) is 34.2 Å². The van der Waals surface area contributed by atoms with Crippen LogP contribution in [0.4, 0.5) is 4.39 Å². The number of aryl methyl sites for hydroxylation is 1. The van der Waals surface area contributed by atoms with E-state index in [9.17, 15) is 4.39 Å². The number of fused-ring (bicyclic) bond motifs is 1. The maximum atomic E-state index is 13.6. The lowest BCUT2D eigenvalue weighted by Gasteiger charge is -2.12. The van der Waals surface area contributed by atoms with Crippen LogP contribution in [-0.2, 0) is 25.8 Å². The van der Waals surface area contributed by atoms with E-state index in [4.69, 9.17) is 0 Å². The Morgan fingerprint density at radius 1 is 1.11 bits per heavy atom. The fourth-order valence-corrected chi connectivity index (χ4v) is 3.26. The van der Waals surface area contributed by atoms with Crippen LogP contribution in [-0.4, -0.2) is 40.9 Å². The number of guanidine groups is 1. The molecule has 2 aromatic rings. The summed E-state index contributed by atoms with van der Waals surface area (Å²) in [7, 11) is 1.74. The van der Waals surface area contributed by atoms with Crippen molar-refractivity contribution < 1.29 is 4.39 Å². The molecule has 0 unspecified atom stereocenters. The van der Waals surface area contributed by atoms with Crippen molar-refractivity contribution in [2.75, 3.05) is 20.1 Å². The average Bonchev–Trinajstić information content (AvgIpc) is 2.88. The van der Waals surface area contributed by atoms with Crippen molar-refractivity contribution in [3.8, 4) is 0 Å². The summed E-state index contributed by atoms with van der Waals surface area (Å²) in [5, 5.41) is 15.2. The molecular weight excluding hydrogens is 458 g/mol. The second kappa shape index (κ2) is 11.2. The molecule has 1 aliphatic rings. The Balaban J connectivity index is 0.00000261. The summed E-state index contributed by atoms with van der Waals surface area (Å²) in [4.78, 5) is 4.22. The van der Waals surface area contributed by atoms with Gasteiger partial charge in [-0.3, -0.25) is 4.99 Å². The molecule has 0 aliphatic carbocycles. The minimum absolute atomic E-state index is 0. The molecule has 1 aliphatic heterocycles. The molecule has 1 aromatic heterocycles. The van der Waals surface area contributed by atoms with Gasteiger partial charge in [-0.1, -0.05) is 24.6 Å². The molecule has 1 aromatic carbocycles. The Bertz CT molecular complexity index is 746. The first-order valence-electron chi connectivity index (χ1n) is 9.37. The number of nitrogens with zero attached hydrogens (tertiary/aromatic N) is 4. The molecule has 0 spiro atoms. The van der Waals surface area contributed by atoms with Crippen LogP contribution in [0.2, 0.25) is 0 Å². The number of nitrogens with one attached hydrogen (secondary N) is 2. The minimum atomic E-state index is -0.162. The van der Waals surface area contributed by atoms with E-state index in [0.717, 1.165) is 43.5 Å². The van der Waals surface area contributed by atoms with Gasteiger partial charge in [0.25, 0.3) is 0 Å².